The van der Waals surface area contributed by atoms with Crippen LogP contribution in [0.3, 0.4) is 0 Å². The Morgan fingerprint density at radius 1 is 1.28 bits per heavy atom. The summed E-state index contributed by atoms with van der Waals surface area (Å²) in [6.07, 6.45) is 5.13. The minimum Gasteiger partial charge on any atom is -0.381 e. The lowest BCUT2D eigenvalue weighted by molar-refractivity contribution is 0.0118. The maximum absolute atomic E-state index is 5.72. The van der Waals surface area contributed by atoms with Crippen LogP contribution < -0.4 is 5.32 Å². The molecule has 18 heavy (non-hydrogen) atoms. The fraction of sp³-hybridized carbons (Fsp3) is 1.00. The molecule has 1 heterocycles. The van der Waals surface area contributed by atoms with Crippen molar-refractivity contribution in [2.75, 3.05) is 26.9 Å². The smallest absolute Gasteiger partial charge is 0.0747 e. The number of ether oxygens (including phenoxy) is 2. The SMILES string of the molecule is CCCNC(CC1CCOCC1)C(OC)C(C)C. The lowest BCUT2D eigenvalue weighted by Crippen LogP contribution is -2.45. The third-order valence-corrected chi connectivity index (χ3v) is 3.91. The standard InChI is InChI=1S/C15H31NO2/c1-5-8-16-14(15(17-4)12(2)3)11-13-6-9-18-10-7-13/h12-16H,5-11H2,1-4H3. The fourth-order valence-electron chi connectivity index (χ4n) is 2.91. The van der Waals surface area contributed by atoms with E-state index in [1.54, 1.807) is 0 Å². The molecule has 0 aromatic heterocycles. The molecule has 1 rings (SSSR count). The molecular weight excluding hydrogens is 226 g/mol. The zero-order valence-electron chi connectivity index (χ0n) is 12.6. The second kappa shape index (κ2) is 8.89. The van der Waals surface area contributed by atoms with E-state index in [0.717, 1.165) is 25.7 Å². The number of nitrogens with one attached hydrogen (secondary N) is 1. The Bertz CT molecular complexity index is 203. The highest BCUT2D eigenvalue weighted by Crippen LogP contribution is 2.24. The predicted octanol–water partition coefficient (Wildman–Crippen LogP) is 2.84. The Labute approximate surface area is 113 Å². The van der Waals surface area contributed by atoms with Crippen LogP contribution in [0, 0.1) is 11.8 Å². The summed E-state index contributed by atoms with van der Waals surface area (Å²) in [6.45, 7) is 9.67. The first kappa shape index (κ1) is 15.9. The first-order valence-corrected chi connectivity index (χ1v) is 7.52. The molecule has 0 spiro atoms. The van der Waals surface area contributed by atoms with Gasteiger partial charge in [0.25, 0.3) is 0 Å². The molecule has 1 aliphatic rings. The zero-order chi connectivity index (χ0) is 13.4. The number of rotatable bonds is 8. The van der Waals surface area contributed by atoms with Gasteiger partial charge in [-0.25, -0.2) is 0 Å². The molecule has 108 valence electrons. The van der Waals surface area contributed by atoms with Gasteiger partial charge < -0.3 is 14.8 Å². The fourth-order valence-corrected chi connectivity index (χ4v) is 2.91. The van der Waals surface area contributed by atoms with Gasteiger partial charge in [-0.2, -0.15) is 0 Å². The highest BCUT2D eigenvalue weighted by molar-refractivity contribution is 4.82. The van der Waals surface area contributed by atoms with Gasteiger partial charge in [-0.3, -0.25) is 0 Å². The minimum absolute atomic E-state index is 0.319. The summed E-state index contributed by atoms with van der Waals surface area (Å²) in [5.74, 6) is 1.36. The van der Waals surface area contributed by atoms with Gasteiger partial charge in [0, 0.05) is 26.4 Å². The summed E-state index contributed by atoms with van der Waals surface area (Å²) in [5.41, 5.74) is 0. The van der Waals surface area contributed by atoms with Crippen LogP contribution in [0.25, 0.3) is 0 Å². The second-order valence-electron chi connectivity index (χ2n) is 5.80. The van der Waals surface area contributed by atoms with Gasteiger partial charge >= 0.3 is 0 Å². The number of methoxy groups -OCH3 is 1. The highest BCUT2D eigenvalue weighted by Gasteiger charge is 2.27. The molecular formula is C15H31NO2. The first-order chi connectivity index (χ1) is 8.69. The van der Waals surface area contributed by atoms with Gasteiger partial charge in [0.2, 0.25) is 0 Å². The van der Waals surface area contributed by atoms with E-state index in [-0.39, 0.29) is 0 Å². The maximum atomic E-state index is 5.72. The van der Waals surface area contributed by atoms with Crippen LogP contribution in [0.1, 0.15) is 46.5 Å². The molecule has 0 radical (unpaired) electrons. The molecule has 1 N–H and O–H groups in total. The summed E-state index contributed by atoms with van der Waals surface area (Å²) in [7, 11) is 1.84. The van der Waals surface area contributed by atoms with Crippen molar-refractivity contribution in [2.45, 2.75) is 58.6 Å². The third kappa shape index (κ3) is 5.25. The molecule has 0 amide bonds. The van der Waals surface area contributed by atoms with Crippen molar-refractivity contribution in [1.82, 2.24) is 5.32 Å². The van der Waals surface area contributed by atoms with Gasteiger partial charge in [-0.15, -0.1) is 0 Å². The average Bonchev–Trinajstić information content (AvgIpc) is 2.37. The normalized spacial score (nSPS) is 21.2. The van der Waals surface area contributed by atoms with Crippen LogP contribution in [0.15, 0.2) is 0 Å². The summed E-state index contributed by atoms with van der Waals surface area (Å²) in [6, 6.07) is 0.484. The largest absolute Gasteiger partial charge is 0.381 e. The molecule has 3 nitrogen and oxygen atoms in total. The van der Waals surface area contributed by atoms with Gasteiger partial charge in [0.15, 0.2) is 0 Å². The minimum atomic E-state index is 0.319. The van der Waals surface area contributed by atoms with E-state index in [4.69, 9.17) is 9.47 Å². The molecule has 2 atom stereocenters. The number of hydrogen-bond acceptors (Lipinski definition) is 3. The summed E-state index contributed by atoms with van der Waals surface area (Å²) in [4.78, 5) is 0. The molecule has 3 heteroatoms. The van der Waals surface area contributed by atoms with Gasteiger partial charge in [0.1, 0.15) is 0 Å². The van der Waals surface area contributed by atoms with Crippen molar-refractivity contribution in [2.24, 2.45) is 11.8 Å². The number of hydrogen-bond donors (Lipinski definition) is 1. The van der Waals surface area contributed by atoms with E-state index in [1.807, 2.05) is 7.11 Å². The summed E-state index contributed by atoms with van der Waals surface area (Å²) in [5, 5.41) is 3.68. The van der Waals surface area contributed by atoms with Crippen LogP contribution in [0.5, 0.6) is 0 Å². The molecule has 1 aliphatic heterocycles. The predicted molar refractivity (Wildman–Crippen MR) is 75.9 cm³/mol. The monoisotopic (exact) mass is 257 g/mol. The Kier molecular flexibility index (Phi) is 7.87. The highest BCUT2D eigenvalue weighted by atomic mass is 16.5. The van der Waals surface area contributed by atoms with Crippen LogP contribution in [-0.2, 0) is 9.47 Å². The van der Waals surface area contributed by atoms with Crippen LogP contribution >= 0.6 is 0 Å². The molecule has 1 fully saturated rings. The zero-order valence-corrected chi connectivity index (χ0v) is 12.6. The lowest BCUT2D eigenvalue weighted by Gasteiger charge is -2.34. The van der Waals surface area contributed by atoms with E-state index in [2.05, 4.69) is 26.1 Å². The van der Waals surface area contributed by atoms with Crippen molar-refractivity contribution < 1.29 is 9.47 Å². The first-order valence-electron chi connectivity index (χ1n) is 7.52. The molecule has 1 saturated heterocycles. The van der Waals surface area contributed by atoms with Crippen molar-refractivity contribution in [3.63, 3.8) is 0 Å². The Balaban J connectivity index is 2.51. The molecule has 0 aliphatic carbocycles. The van der Waals surface area contributed by atoms with Crippen molar-refractivity contribution >= 4 is 0 Å². The van der Waals surface area contributed by atoms with Crippen LogP contribution in [0.4, 0.5) is 0 Å². The molecule has 0 aromatic rings. The van der Waals surface area contributed by atoms with Crippen molar-refractivity contribution in [3.05, 3.63) is 0 Å². The van der Waals surface area contributed by atoms with Crippen LogP contribution in [0.2, 0.25) is 0 Å². The van der Waals surface area contributed by atoms with Gasteiger partial charge in [-0.1, -0.05) is 20.8 Å². The van der Waals surface area contributed by atoms with E-state index in [1.165, 1.54) is 25.7 Å². The molecule has 0 bridgehead atoms. The average molecular weight is 257 g/mol. The van der Waals surface area contributed by atoms with Crippen molar-refractivity contribution in [1.29, 1.82) is 0 Å². The lowest BCUT2D eigenvalue weighted by atomic mass is 9.87. The van der Waals surface area contributed by atoms with Crippen molar-refractivity contribution in [3.8, 4) is 0 Å². The molecule has 0 aromatic carbocycles. The summed E-state index contributed by atoms with van der Waals surface area (Å²) < 4.78 is 11.2. The topological polar surface area (TPSA) is 30.5 Å². The van der Waals surface area contributed by atoms with Crippen LogP contribution in [-0.4, -0.2) is 39.0 Å². The Hall–Kier alpha value is -0.120. The van der Waals surface area contributed by atoms with E-state index in [0.29, 0.717) is 18.1 Å². The molecule has 2 unspecified atom stereocenters. The second-order valence-corrected chi connectivity index (χ2v) is 5.80. The summed E-state index contributed by atoms with van der Waals surface area (Å²) >= 11 is 0. The Morgan fingerprint density at radius 2 is 1.94 bits per heavy atom. The Morgan fingerprint density at radius 3 is 2.44 bits per heavy atom. The van der Waals surface area contributed by atoms with Gasteiger partial charge in [-0.05, 0) is 44.1 Å². The quantitative estimate of drug-likeness (QED) is 0.725. The van der Waals surface area contributed by atoms with E-state index < -0.39 is 0 Å². The van der Waals surface area contributed by atoms with E-state index >= 15 is 0 Å². The third-order valence-electron chi connectivity index (χ3n) is 3.91. The maximum Gasteiger partial charge on any atom is 0.0747 e. The van der Waals surface area contributed by atoms with E-state index in [9.17, 15) is 0 Å². The molecule has 0 saturated carbocycles. The van der Waals surface area contributed by atoms with Gasteiger partial charge in [0.05, 0.1) is 6.10 Å².